The van der Waals surface area contributed by atoms with Crippen molar-refractivity contribution in [3.63, 3.8) is 0 Å². The highest BCUT2D eigenvalue weighted by molar-refractivity contribution is 6.34. The lowest BCUT2D eigenvalue weighted by Gasteiger charge is -2.17. The van der Waals surface area contributed by atoms with E-state index < -0.39 is 0 Å². The minimum atomic E-state index is -0.325. The van der Waals surface area contributed by atoms with E-state index in [1.807, 2.05) is 61.5 Å². The van der Waals surface area contributed by atoms with E-state index in [9.17, 15) is 15.3 Å². The minimum Gasteiger partial charge on any atom is -0.497 e. The highest BCUT2D eigenvalue weighted by Gasteiger charge is 2.35. The van der Waals surface area contributed by atoms with E-state index in [0.717, 1.165) is 16.9 Å². The van der Waals surface area contributed by atoms with Crippen molar-refractivity contribution in [2.75, 3.05) is 12.0 Å². The summed E-state index contributed by atoms with van der Waals surface area (Å²) in [6.07, 6.45) is 0. The standard InChI is InChI=1S/C20H15N3O2/c1-13-3-8-18-17(9-13)19(15(10-21)11-22)20(24)23(18)12-14-4-6-16(25-2)7-5-14/h3-9H,12H2,1-2H3. The van der Waals surface area contributed by atoms with Crippen molar-refractivity contribution in [2.24, 2.45) is 0 Å². The molecule has 0 fully saturated rings. The highest BCUT2D eigenvalue weighted by Crippen LogP contribution is 2.39. The molecule has 0 unspecified atom stereocenters. The zero-order chi connectivity index (χ0) is 18.0. The molecule has 2 aromatic carbocycles. The fourth-order valence-corrected chi connectivity index (χ4v) is 2.89. The van der Waals surface area contributed by atoms with Crippen LogP contribution in [0.4, 0.5) is 5.69 Å². The van der Waals surface area contributed by atoms with Crippen LogP contribution in [0.5, 0.6) is 5.75 Å². The molecule has 2 aromatic rings. The van der Waals surface area contributed by atoms with E-state index >= 15 is 0 Å². The third-order valence-corrected chi connectivity index (χ3v) is 4.14. The molecule has 25 heavy (non-hydrogen) atoms. The van der Waals surface area contributed by atoms with Crippen LogP contribution >= 0.6 is 0 Å². The Hall–Kier alpha value is -3.57. The Morgan fingerprint density at radius 2 is 1.80 bits per heavy atom. The number of hydrogen-bond donors (Lipinski definition) is 0. The van der Waals surface area contributed by atoms with Gasteiger partial charge < -0.3 is 9.64 Å². The van der Waals surface area contributed by atoms with Crippen LogP contribution in [0.25, 0.3) is 5.57 Å². The van der Waals surface area contributed by atoms with Gasteiger partial charge >= 0.3 is 0 Å². The molecule has 122 valence electrons. The lowest BCUT2D eigenvalue weighted by atomic mass is 10.0. The number of benzene rings is 2. The quantitative estimate of drug-likeness (QED) is 0.639. The second-order valence-corrected chi connectivity index (χ2v) is 5.73. The summed E-state index contributed by atoms with van der Waals surface area (Å²) in [6.45, 7) is 2.26. The van der Waals surface area contributed by atoms with E-state index in [4.69, 9.17) is 4.74 Å². The van der Waals surface area contributed by atoms with Crippen LogP contribution in [-0.2, 0) is 11.3 Å². The van der Waals surface area contributed by atoms with Crippen LogP contribution in [0.3, 0.4) is 0 Å². The first-order valence-electron chi connectivity index (χ1n) is 7.69. The largest absolute Gasteiger partial charge is 0.497 e. The molecule has 3 rings (SSSR count). The van der Waals surface area contributed by atoms with E-state index in [0.29, 0.717) is 17.8 Å². The number of rotatable bonds is 3. The van der Waals surface area contributed by atoms with Gasteiger partial charge in [-0.1, -0.05) is 23.8 Å². The summed E-state index contributed by atoms with van der Waals surface area (Å²) in [5, 5.41) is 18.4. The number of carbonyl (C=O) groups excluding carboxylic acids is 1. The second kappa shape index (κ2) is 6.51. The van der Waals surface area contributed by atoms with Gasteiger partial charge in [0.1, 0.15) is 23.5 Å². The Labute approximate surface area is 146 Å². The fourth-order valence-electron chi connectivity index (χ4n) is 2.89. The number of methoxy groups -OCH3 is 1. The average molecular weight is 329 g/mol. The number of ether oxygens (including phenoxy) is 1. The number of aryl methyl sites for hydroxylation is 1. The number of nitriles is 2. The Kier molecular flexibility index (Phi) is 4.24. The van der Waals surface area contributed by atoms with E-state index in [1.165, 1.54) is 0 Å². The van der Waals surface area contributed by atoms with Crippen molar-refractivity contribution in [3.8, 4) is 17.9 Å². The van der Waals surface area contributed by atoms with Crippen LogP contribution in [0.2, 0.25) is 0 Å². The first-order chi connectivity index (χ1) is 12.1. The Morgan fingerprint density at radius 1 is 1.12 bits per heavy atom. The summed E-state index contributed by atoms with van der Waals surface area (Å²) in [7, 11) is 1.60. The van der Waals surface area contributed by atoms with Crippen LogP contribution < -0.4 is 9.64 Å². The molecule has 1 aliphatic rings. The van der Waals surface area contributed by atoms with Gasteiger partial charge in [0.25, 0.3) is 5.91 Å². The van der Waals surface area contributed by atoms with Crippen LogP contribution in [0.1, 0.15) is 16.7 Å². The van der Waals surface area contributed by atoms with Gasteiger partial charge in [-0.25, -0.2) is 0 Å². The first kappa shape index (κ1) is 16.3. The molecule has 0 atom stereocenters. The van der Waals surface area contributed by atoms with Crippen LogP contribution in [0.15, 0.2) is 48.0 Å². The smallest absolute Gasteiger partial charge is 0.261 e. The number of amides is 1. The topological polar surface area (TPSA) is 77.1 Å². The van der Waals surface area contributed by atoms with Gasteiger partial charge in [0.15, 0.2) is 0 Å². The summed E-state index contributed by atoms with van der Waals surface area (Å²) < 4.78 is 5.15. The van der Waals surface area contributed by atoms with Gasteiger partial charge in [0.2, 0.25) is 0 Å². The maximum atomic E-state index is 12.9. The highest BCUT2D eigenvalue weighted by atomic mass is 16.5. The normalized spacial score (nSPS) is 12.4. The Bertz CT molecular complexity index is 944. The predicted octanol–water partition coefficient (Wildman–Crippen LogP) is 3.35. The van der Waals surface area contributed by atoms with Gasteiger partial charge in [0.05, 0.1) is 24.9 Å². The van der Waals surface area contributed by atoms with Crippen LogP contribution in [0, 0.1) is 29.6 Å². The lowest BCUT2D eigenvalue weighted by molar-refractivity contribution is -0.113. The summed E-state index contributed by atoms with van der Waals surface area (Å²) in [5.74, 6) is 0.416. The number of anilines is 1. The molecule has 5 nitrogen and oxygen atoms in total. The van der Waals surface area contributed by atoms with Gasteiger partial charge in [-0.15, -0.1) is 0 Å². The summed E-state index contributed by atoms with van der Waals surface area (Å²) in [4.78, 5) is 14.5. The van der Waals surface area contributed by atoms with E-state index in [1.54, 1.807) is 12.0 Å². The molecule has 1 amide bonds. The van der Waals surface area contributed by atoms with Crippen molar-refractivity contribution >= 4 is 17.2 Å². The Balaban J connectivity index is 2.07. The van der Waals surface area contributed by atoms with Crippen molar-refractivity contribution in [2.45, 2.75) is 13.5 Å². The van der Waals surface area contributed by atoms with Crippen molar-refractivity contribution < 1.29 is 9.53 Å². The molecule has 1 heterocycles. The third-order valence-electron chi connectivity index (χ3n) is 4.14. The molecule has 5 heteroatoms. The third kappa shape index (κ3) is 2.84. The molecule has 0 spiro atoms. The second-order valence-electron chi connectivity index (χ2n) is 5.73. The number of nitrogens with zero attached hydrogens (tertiary/aromatic N) is 3. The Morgan fingerprint density at radius 3 is 2.40 bits per heavy atom. The molecule has 1 aliphatic heterocycles. The fraction of sp³-hybridized carbons (Fsp3) is 0.150. The van der Waals surface area contributed by atoms with E-state index in [2.05, 4.69) is 0 Å². The number of hydrogen-bond acceptors (Lipinski definition) is 4. The minimum absolute atomic E-state index is 0.158. The van der Waals surface area contributed by atoms with Crippen molar-refractivity contribution in [3.05, 3.63) is 64.7 Å². The van der Waals surface area contributed by atoms with Gasteiger partial charge in [0, 0.05) is 5.56 Å². The molecule has 0 aromatic heterocycles. The number of carbonyl (C=O) groups is 1. The predicted molar refractivity (Wildman–Crippen MR) is 93.5 cm³/mol. The monoisotopic (exact) mass is 329 g/mol. The van der Waals surface area contributed by atoms with E-state index in [-0.39, 0.29) is 17.1 Å². The SMILES string of the molecule is COc1ccc(CN2C(=O)C(=C(C#N)C#N)c3cc(C)ccc32)cc1. The van der Waals surface area contributed by atoms with Gasteiger partial charge in [-0.3, -0.25) is 4.79 Å². The zero-order valence-corrected chi connectivity index (χ0v) is 13.9. The summed E-state index contributed by atoms with van der Waals surface area (Å²) >= 11 is 0. The number of allylic oxidation sites excluding steroid dienone is 1. The van der Waals surface area contributed by atoms with Crippen LogP contribution in [-0.4, -0.2) is 13.0 Å². The maximum absolute atomic E-state index is 12.9. The number of fused-ring (bicyclic) bond motifs is 1. The lowest BCUT2D eigenvalue weighted by Crippen LogP contribution is -2.26. The molecule has 0 radical (unpaired) electrons. The zero-order valence-electron chi connectivity index (χ0n) is 13.9. The molecule has 0 N–H and O–H groups in total. The van der Waals surface area contributed by atoms with Crippen molar-refractivity contribution in [1.82, 2.24) is 0 Å². The molecule has 0 saturated carbocycles. The average Bonchev–Trinajstić information content (AvgIpc) is 2.89. The molecular weight excluding hydrogens is 314 g/mol. The van der Waals surface area contributed by atoms with Gasteiger partial charge in [-0.2, -0.15) is 10.5 Å². The maximum Gasteiger partial charge on any atom is 0.261 e. The molecule has 0 saturated heterocycles. The first-order valence-corrected chi connectivity index (χ1v) is 7.69. The van der Waals surface area contributed by atoms with Gasteiger partial charge in [-0.05, 0) is 36.8 Å². The summed E-state index contributed by atoms with van der Waals surface area (Å²) in [5.41, 5.74) is 3.26. The molecule has 0 bridgehead atoms. The molecular formula is C20H15N3O2. The summed E-state index contributed by atoms with van der Waals surface area (Å²) in [6, 6.07) is 16.7. The van der Waals surface area contributed by atoms with Crippen molar-refractivity contribution in [1.29, 1.82) is 10.5 Å². The molecule has 0 aliphatic carbocycles.